The second kappa shape index (κ2) is 7.48. The molecule has 1 heterocycles. The molecule has 0 bridgehead atoms. The fourth-order valence-corrected chi connectivity index (χ4v) is 2.45. The fourth-order valence-electron chi connectivity index (χ4n) is 2.45. The third-order valence-corrected chi connectivity index (χ3v) is 3.81. The van der Waals surface area contributed by atoms with Crippen molar-refractivity contribution in [2.45, 2.75) is 12.5 Å². The summed E-state index contributed by atoms with van der Waals surface area (Å²) in [6.07, 6.45) is 1.43. The van der Waals surface area contributed by atoms with E-state index >= 15 is 0 Å². The Balaban J connectivity index is 2.13. The normalized spacial score (nSPS) is 18.7. The highest BCUT2D eigenvalue weighted by Crippen LogP contribution is 2.29. The lowest BCUT2D eigenvalue weighted by Crippen LogP contribution is -2.47. The molecule has 9 nitrogen and oxygen atoms in total. The van der Waals surface area contributed by atoms with Crippen molar-refractivity contribution in [1.82, 2.24) is 20.9 Å². The largest absolute Gasteiger partial charge is 0.334 e. The number of amides is 6. The summed E-state index contributed by atoms with van der Waals surface area (Å²) in [6, 6.07) is 6.70. The first-order chi connectivity index (χ1) is 12.3. The molecule has 1 aromatic rings. The molecule has 26 heavy (non-hydrogen) atoms. The predicted molar refractivity (Wildman–Crippen MR) is 90.5 cm³/mol. The second-order valence-electron chi connectivity index (χ2n) is 5.69. The second-order valence-corrected chi connectivity index (χ2v) is 5.69. The molecule has 9 heteroatoms. The van der Waals surface area contributed by atoms with Crippen LogP contribution in [-0.2, 0) is 15.1 Å². The molecule has 1 aliphatic rings. The molecule has 1 aliphatic heterocycles. The van der Waals surface area contributed by atoms with Crippen LogP contribution in [0.15, 0.2) is 36.9 Å². The molecule has 2 rings (SSSR count). The SMILES string of the molecule is C=CCNC(=O)NC(=O)CN1C(=O)N[C@@](C)(c2cccc(C#N)c2)C1=O. The van der Waals surface area contributed by atoms with Crippen LogP contribution in [0.2, 0.25) is 0 Å². The standard InChI is InChI=1S/C17H17N5O4/c1-3-7-19-15(25)20-13(23)10-22-14(24)17(2,21-16(22)26)12-6-4-5-11(8-12)9-18/h3-6,8H,1,7,10H2,2H3,(H,21,26)(H2,19,20,23,25)/t17-/m0/s1. The van der Waals surface area contributed by atoms with Gasteiger partial charge in [0.15, 0.2) is 0 Å². The number of nitrogens with zero attached hydrogens (tertiary/aromatic N) is 2. The van der Waals surface area contributed by atoms with Crippen molar-refractivity contribution in [3.8, 4) is 6.07 Å². The van der Waals surface area contributed by atoms with E-state index in [0.29, 0.717) is 11.1 Å². The van der Waals surface area contributed by atoms with Gasteiger partial charge in [-0.15, -0.1) is 6.58 Å². The van der Waals surface area contributed by atoms with Crippen LogP contribution >= 0.6 is 0 Å². The summed E-state index contributed by atoms with van der Waals surface area (Å²) in [6.45, 7) is 4.45. The van der Waals surface area contributed by atoms with Gasteiger partial charge in [-0.1, -0.05) is 18.2 Å². The van der Waals surface area contributed by atoms with Crippen LogP contribution in [0.4, 0.5) is 9.59 Å². The number of hydrogen-bond donors (Lipinski definition) is 3. The van der Waals surface area contributed by atoms with Crippen LogP contribution < -0.4 is 16.0 Å². The van der Waals surface area contributed by atoms with E-state index < -0.39 is 36.0 Å². The molecule has 1 fully saturated rings. The first-order valence-corrected chi connectivity index (χ1v) is 7.65. The van der Waals surface area contributed by atoms with Gasteiger partial charge in [0.1, 0.15) is 12.1 Å². The first kappa shape index (κ1) is 18.7. The molecule has 1 saturated heterocycles. The van der Waals surface area contributed by atoms with Crippen molar-refractivity contribution >= 4 is 23.9 Å². The Kier molecular flexibility index (Phi) is 5.37. The number of benzene rings is 1. The van der Waals surface area contributed by atoms with E-state index in [1.54, 1.807) is 18.2 Å². The van der Waals surface area contributed by atoms with Crippen molar-refractivity contribution in [3.63, 3.8) is 0 Å². The van der Waals surface area contributed by atoms with Crippen LogP contribution in [-0.4, -0.2) is 41.9 Å². The topological polar surface area (TPSA) is 131 Å². The van der Waals surface area contributed by atoms with Gasteiger partial charge in [0.25, 0.3) is 5.91 Å². The summed E-state index contributed by atoms with van der Waals surface area (Å²) in [5, 5.41) is 15.9. The zero-order valence-electron chi connectivity index (χ0n) is 14.0. The lowest BCUT2D eigenvalue weighted by atomic mass is 9.91. The molecule has 0 unspecified atom stereocenters. The van der Waals surface area contributed by atoms with Gasteiger partial charge in [0.2, 0.25) is 5.91 Å². The summed E-state index contributed by atoms with van der Waals surface area (Å²) in [4.78, 5) is 48.9. The lowest BCUT2D eigenvalue weighted by Gasteiger charge is -2.22. The average Bonchev–Trinajstić information content (AvgIpc) is 2.84. The predicted octanol–water partition coefficient (Wildman–Crippen LogP) is 0.337. The van der Waals surface area contributed by atoms with Crippen molar-refractivity contribution in [3.05, 3.63) is 48.0 Å². The van der Waals surface area contributed by atoms with Gasteiger partial charge in [-0.3, -0.25) is 19.8 Å². The Morgan fingerprint density at radius 1 is 1.42 bits per heavy atom. The monoisotopic (exact) mass is 355 g/mol. The van der Waals surface area contributed by atoms with Gasteiger partial charge in [-0.25, -0.2) is 9.59 Å². The van der Waals surface area contributed by atoms with Crippen LogP contribution in [0.3, 0.4) is 0 Å². The molecule has 134 valence electrons. The van der Waals surface area contributed by atoms with Crippen molar-refractivity contribution in [2.75, 3.05) is 13.1 Å². The maximum Gasteiger partial charge on any atom is 0.325 e. The minimum atomic E-state index is -1.41. The van der Waals surface area contributed by atoms with Gasteiger partial charge >= 0.3 is 12.1 Å². The highest BCUT2D eigenvalue weighted by Gasteiger charge is 2.49. The molecule has 0 aliphatic carbocycles. The Hall–Kier alpha value is -3.67. The van der Waals surface area contributed by atoms with E-state index in [1.807, 2.05) is 11.4 Å². The minimum Gasteiger partial charge on any atom is -0.334 e. The van der Waals surface area contributed by atoms with Crippen LogP contribution in [0.1, 0.15) is 18.1 Å². The fraction of sp³-hybridized carbons (Fsp3) is 0.235. The smallest absolute Gasteiger partial charge is 0.325 e. The molecule has 1 aromatic carbocycles. The van der Waals surface area contributed by atoms with Gasteiger partial charge in [0, 0.05) is 6.54 Å². The quantitative estimate of drug-likeness (QED) is 0.518. The molecule has 6 amide bonds. The number of carbonyl (C=O) groups excluding carboxylic acids is 4. The number of rotatable bonds is 5. The summed E-state index contributed by atoms with van der Waals surface area (Å²) in [5.41, 5.74) is -0.655. The number of imide groups is 2. The van der Waals surface area contributed by atoms with Crippen LogP contribution in [0, 0.1) is 11.3 Å². The Bertz CT molecular complexity index is 829. The molecular weight excluding hydrogens is 338 g/mol. The maximum absolute atomic E-state index is 12.7. The molecular formula is C17H17N5O4. The summed E-state index contributed by atoms with van der Waals surface area (Å²) in [7, 11) is 0. The summed E-state index contributed by atoms with van der Waals surface area (Å²) < 4.78 is 0. The van der Waals surface area contributed by atoms with Crippen LogP contribution in [0.5, 0.6) is 0 Å². The summed E-state index contributed by atoms with van der Waals surface area (Å²) in [5.74, 6) is -1.47. The lowest BCUT2D eigenvalue weighted by molar-refractivity contribution is -0.134. The van der Waals surface area contributed by atoms with Gasteiger partial charge < -0.3 is 10.6 Å². The minimum absolute atomic E-state index is 0.162. The first-order valence-electron chi connectivity index (χ1n) is 7.65. The number of urea groups is 2. The third-order valence-electron chi connectivity index (χ3n) is 3.81. The molecule has 0 aromatic heterocycles. The van der Waals surface area contributed by atoms with E-state index in [2.05, 4.69) is 17.2 Å². The Morgan fingerprint density at radius 3 is 2.81 bits per heavy atom. The van der Waals surface area contributed by atoms with E-state index in [4.69, 9.17) is 5.26 Å². The highest BCUT2D eigenvalue weighted by molar-refractivity contribution is 6.10. The van der Waals surface area contributed by atoms with E-state index in [1.165, 1.54) is 19.1 Å². The highest BCUT2D eigenvalue weighted by atomic mass is 16.2. The van der Waals surface area contributed by atoms with Gasteiger partial charge in [-0.05, 0) is 24.6 Å². The molecule has 3 N–H and O–H groups in total. The zero-order valence-corrected chi connectivity index (χ0v) is 14.0. The zero-order chi connectivity index (χ0) is 19.3. The molecule has 0 saturated carbocycles. The Morgan fingerprint density at radius 2 is 2.15 bits per heavy atom. The average molecular weight is 355 g/mol. The van der Waals surface area contributed by atoms with Crippen molar-refractivity contribution in [1.29, 1.82) is 5.26 Å². The maximum atomic E-state index is 12.7. The number of nitriles is 1. The Labute approximate surface area is 149 Å². The van der Waals surface area contributed by atoms with Gasteiger partial charge in [-0.2, -0.15) is 5.26 Å². The number of carbonyl (C=O) groups is 4. The van der Waals surface area contributed by atoms with Crippen molar-refractivity contribution < 1.29 is 19.2 Å². The van der Waals surface area contributed by atoms with E-state index in [0.717, 1.165) is 4.90 Å². The molecule has 1 atom stereocenters. The van der Waals surface area contributed by atoms with Crippen LogP contribution in [0.25, 0.3) is 0 Å². The summed E-state index contributed by atoms with van der Waals surface area (Å²) >= 11 is 0. The van der Waals surface area contributed by atoms with Gasteiger partial charge in [0.05, 0.1) is 11.6 Å². The number of hydrogen-bond acceptors (Lipinski definition) is 5. The third kappa shape index (κ3) is 3.70. The van der Waals surface area contributed by atoms with E-state index in [-0.39, 0.29) is 6.54 Å². The van der Waals surface area contributed by atoms with E-state index in [9.17, 15) is 19.2 Å². The number of nitrogens with one attached hydrogen (secondary N) is 3. The van der Waals surface area contributed by atoms with Crippen molar-refractivity contribution in [2.24, 2.45) is 0 Å². The molecule has 0 spiro atoms. The molecule has 0 radical (unpaired) electrons.